The Labute approximate surface area is 233 Å². The summed E-state index contributed by atoms with van der Waals surface area (Å²) in [6.07, 6.45) is 22.9. The van der Waals surface area contributed by atoms with E-state index in [0.29, 0.717) is 0 Å². The van der Waals surface area contributed by atoms with E-state index in [0.717, 1.165) is 24.2 Å². The van der Waals surface area contributed by atoms with Gasteiger partial charge in [0, 0.05) is 13.5 Å². The maximum Gasteiger partial charge on any atom is 0.339 e. The van der Waals surface area contributed by atoms with Crippen LogP contribution in [0.15, 0.2) is 24.3 Å². The number of aromatic carboxylic acids is 1. The van der Waals surface area contributed by atoms with Gasteiger partial charge in [-0.25, -0.2) is 4.79 Å². The van der Waals surface area contributed by atoms with Crippen LogP contribution in [-0.4, -0.2) is 62.4 Å². The largest absolute Gasteiger partial charge is 0.478 e. The van der Waals surface area contributed by atoms with E-state index in [1.165, 1.54) is 122 Å². The van der Waals surface area contributed by atoms with E-state index >= 15 is 0 Å². The van der Waals surface area contributed by atoms with Crippen LogP contribution >= 0.6 is 0 Å². The molecular formula is C32H58NO5+. The highest BCUT2D eigenvalue weighted by molar-refractivity contribution is 5.91. The van der Waals surface area contributed by atoms with Gasteiger partial charge in [-0.2, -0.15) is 0 Å². The van der Waals surface area contributed by atoms with Gasteiger partial charge in [0.1, 0.15) is 17.9 Å². The lowest BCUT2D eigenvalue weighted by molar-refractivity contribution is -0.870. The van der Waals surface area contributed by atoms with E-state index in [-0.39, 0.29) is 11.3 Å². The molecule has 0 aromatic heterocycles. The standard InChI is InChI=1S/C23H50NO.C9H8O4/c1-5-6-7-8-9-10-11-12-13-14-15-16-17-18-19-20-22-25-23-21-24(2,3)4;1-6(10)13-8-5-3-2-4-7(8)9(11)12/h5-23H2,1-4H3;2-5H,1H3,(H,11,12)/q+1;. The lowest BCUT2D eigenvalue weighted by Gasteiger charge is -2.23. The first-order chi connectivity index (χ1) is 18.2. The normalized spacial score (nSPS) is 11.1. The van der Waals surface area contributed by atoms with Crippen LogP contribution in [0.25, 0.3) is 0 Å². The molecule has 0 aliphatic heterocycles. The highest BCUT2D eigenvalue weighted by atomic mass is 16.5. The van der Waals surface area contributed by atoms with Crippen LogP contribution in [-0.2, 0) is 9.53 Å². The van der Waals surface area contributed by atoms with Crippen molar-refractivity contribution in [3.63, 3.8) is 0 Å². The Morgan fingerprint density at radius 2 is 1.16 bits per heavy atom. The summed E-state index contributed by atoms with van der Waals surface area (Å²) in [7, 11) is 6.66. The number of likely N-dealkylation sites (N-methyl/N-ethyl adjacent to an activating group) is 1. The second-order valence-corrected chi connectivity index (χ2v) is 11.3. The lowest BCUT2D eigenvalue weighted by Crippen LogP contribution is -2.37. The van der Waals surface area contributed by atoms with Gasteiger partial charge < -0.3 is 19.1 Å². The first-order valence-corrected chi connectivity index (χ1v) is 15.1. The molecule has 0 amide bonds. The summed E-state index contributed by atoms with van der Waals surface area (Å²) in [5.74, 6) is -1.58. The third kappa shape index (κ3) is 24.4. The van der Waals surface area contributed by atoms with Crippen LogP contribution in [0.1, 0.15) is 127 Å². The van der Waals surface area contributed by atoms with Crippen molar-refractivity contribution in [1.29, 1.82) is 0 Å². The van der Waals surface area contributed by atoms with Gasteiger partial charge in [0.2, 0.25) is 0 Å². The molecule has 1 aromatic carbocycles. The molecular weight excluding hydrogens is 478 g/mol. The Hall–Kier alpha value is -1.92. The van der Waals surface area contributed by atoms with E-state index in [1.807, 2.05) is 0 Å². The Bertz CT molecular complexity index is 714. The SMILES string of the molecule is CC(=O)Oc1ccccc1C(=O)O.CCCCCCCCCCCCCCCCCCOCC[N+](C)(C)C. The number of para-hydroxylation sites is 1. The number of hydrogen-bond donors (Lipinski definition) is 1. The molecule has 1 N–H and O–H groups in total. The summed E-state index contributed by atoms with van der Waals surface area (Å²) in [5.41, 5.74) is -0.0160. The lowest BCUT2D eigenvalue weighted by atomic mass is 10.0. The fourth-order valence-corrected chi connectivity index (χ4v) is 4.08. The van der Waals surface area contributed by atoms with Crippen molar-refractivity contribution in [2.75, 3.05) is 40.9 Å². The van der Waals surface area contributed by atoms with Gasteiger partial charge in [-0.15, -0.1) is 0 Å². The van der Waals surface area contributed by atoms with E-state index in [4.69, 9.17) is 9.84 Å². The molecule has 0 bridgehead atoms. The van der Waals surface area contributed by atoms with Crippen molar-refractivity contribution in [3.05, 3.63) is 29.8 Å². The minimum absolute atomic E-state index is 0.0160. The van der Waals surface area contributed by atoms with E-state index in [9.17, 15) is 9.59 Å². The van der Waals surface area contributed by atoms with Crippen molar-refractivity contribution >= 4 is 11.9 Å². The predicted molar refractivity (Wildman–Crippen MR) is 158 cm³/mol. The number of rotatable bonds is 22. The number of carboxylic acid groups (broad SMARTS) is 1. The van der Waals surface area contributed by atoms with Crippen molar-refractivity contribution < 1.29 is 28.7 Å². The van der Waals surface area contributed by atoms with E-state index in [2.05, 4.69) is 32.8 Å². The Balaban J connectivity index is 0.000000875. The molecule has 38 heavy (non-hydrogen) atoms. The predicted octanol–water partition coefficient (Wildman–Crippen LogP) is 8.28. The van der Waals surface area contributed by atoms with Crippen molar-refractivity contribution in [2.45, 2.75) is 117 Å². The summed E-state index contributed by atoms with van der Waals surface area (Å²) in [6.45, 7) is 6.49. The molecule has 0 atom stereocenters. The van der Waals surface area contributed by atoms with Gasteiger partial charge in [0.25, 0.3) is 0 Å². The third-order valence-electron chi connectivity index (χ3n) is 6.42. The molecule has 0 unspecified atom stereocenters. The number of nitrogens with zero attached hydrogens (tertiary/aromatic N) is 1. The topological polar surface area (TPSA) is 72.8 Å². The molecule has 0 heterocycles. The molecule has 6 heteroatoms. The maximum absolute atomic E-state index is 10.6. The molecule has 6 nitrogen and oxygen atoms in total. The number of hydrogen-bond acceptors (Lipinski definition) is 4. The van der Waals surface area contributed by atoms with E-state index in [1.54, 1.807) is 12.1 Å². The van der Waals surface area contributed by atoms with Gasteiger partial charge in [-0.3, -0.25) is 4.79 Å². The van der Waals surface area contributed by atoms with E-state index < -0.39 is 11.9 Å². The molecule has 0 saturated heterocycles. The monoisotopic (exact) mass is 536 g/mol. The van der Waals surface area contributed by atoms with Crippen LogP contribution in [0.3, 0.4) is 0 Å². The summed E-state index contributed by atoms with van der Waals surface area (Å²) in [4.78, 5) is 21.2. The quantitative estimate of drug-likeness (QED) is 0.0698. The Morgan fingerprint density at radius 1 is 0.711 bits per heavy atom. The number of carbonyl (C=O) groups excluding carboxylic acids is 1. The van der Waals surface area contributed by atoms with Gasteiger partial charge >= 0.3 is 11.9 Å². The van der Waals surface area contributed by atoms with Crippen LogP contribution in [0, 0.1) is 0 Å². The zero-order chi connectivity index (χ0) is 28.5. The molecule has 0 aliphatic carbocycles. The van der Waals surface area contributed by atoms with Crippen LogP contribution in [0.5, 0.6) is 5.75 Å². The average molecular weight is 537 g/mol. The van der Waals surface area contributed by atoms with Gasteiger partial charge in [0.05, 0.1) is 27.7 Å². The number of carboxylic acids is 1. The fourth-order valence-electron chi connectivity index (χ4n) is 4.08. The number of ether oxygens (including phenoxy) is 2. The number of benzene rings is 1. The van der Waals surface area contributed by atoms with Crippen molar-refractivity contribution in [3.8, 4) is 5.75 Å². The summed E-state index contributed by atoms with van der Waals surface area (Å²) >= 11 is 0. The minimum atomic E-state index is -1.11. The molecule has 1 aromatic rings. The number of unbranched alkanes of at least 4 members (excludes halogenated alkanes) is 15. The highest BCUT2D eigenvalue weighted by Gasteiger charge is 2.11. The smallest absolute Gasteiger partial charge is 0.339 e. The zero-order valence-corrected chi connectivity index (χ0v) is 25.3. The minimum Gasteiger partial charge on any atom is -0.478 e. The molecule has 0 spiro atoms. The second kappa shape index (κ2) is 24.1. The highest BCUT2D eigenvalue weighted by Crippen LogP contribution is 2.17. The summed E-state index contributed by atoms with van der Waals surface area (Å²) in [5, 5.41) is 8.69. The van der Waals surface area contributed by atoms with Gasteiger partial charge in [-0.1, -0.05) is 115 Å². The van der Waals surface area contributed by atoms with Crippen LogP contribution < -0.4 is 4.74 Å². The van der Waals surface area contributed by atoms with Crippen LogP contribution in [0.4, 0.5) is 0 Å². The molecule has 0 aliphatic rings. The first kappa shape index (κ1) is 36.1. The molecule has 0 fully saturated rings. The summed E-state index contributed by atoms with van der Waals surface area (Å²) < 4.78 is 11.4. The average Bonchev–Trinajstić information content (AvgIpc) is 2.85. The Morgan fingerprint density at radius 3 is 1.58 bits per heavy atom. The van der Waals surface area contributed by atoms with Crippen molar-refractivity contribution in [1.82, 2.24) is 0 Å². The molecule has 1 rings (SSSR count). The first-order valence-electron chi connectivity index (χ1n) is 15.1. The number of carbonyl (C=O) groups is 2. The second-order valence-electron chi connectivity index (χ2n) is 11.3. The molecule has 0 radical (unpaired) electrons. The van der Waals surface area contributed by atoms with Gasteiger partial charge in [-0.05, 0) is 18.6 Å². The third-order valence-corrected chi connectivity index (χ3v) is 6.42. The van der Waals surface area contributed by atoms with Crippen molar-refractivity contribution in [2.24, 2.45) is 0 Å². The Kier molecular flexibility index (Phi) is 22.9. The summed E-state index contributed by atoms with van der Waals surface area (Å²) in [6, 6.07) is 5.98. The number of quaternary nitrogens is 1. The number of esters is 1. The van der Waals surface area contributed by atoms with Crippen LogP contribution in [0.2, 0.25) is 0 Å². The maximum atomic E-state index is 10.6. The molecule has 0 saturated carbocycles. The van der Waals surface area contributed by atoms with Gasteiger partial charge in [0.15, 0.2) is 0 Å². The fraction of sp³-hybridized carbons (Fsp3) is 0.750. The molecule has 220 valence electrons. The zero-order valence-electron chi connectivity index (χ0n) is 25.3.